The number of rotatable bonds is 6. The quantitative estimate of drug-likeness (QED) is 0.424. The van der Waals surface area contributed by atoms with Crippen LogP contribution < -0.4 is 0 Å². The number of hydrogen-bond acceptors (Lipinski definition) is 6. The van der Waals surface area contributed by atoms with Crippen LogP contribution in [0.1, 0.15) is 6.42 Å². The summed E-state index contributed by atoms with van der Waals surface area (Å²) in [4.78, 5) is 20.4. The van der Waals surface area contributed by atoms with E-state index in [1.54, 1.807) is 0 Å². The van der Waals surface area contributed by atoms with Crippen molar-refractivity contribution in [1.29, 1.82) is 0 Å². The lowest BCUT2D eigenvalue weighted by molar-refractivity contribution is -0.108. The molecular formula is C5H8O8S2. The minimum absolute atomic E-state index is 0.225. The van der Waals surface area contributed by atoms with Crippen molar-refractivity contribution >= 4 is 32.8 Å². The van der Waals surface area contributed by atoms with Crippen LogP contribution in [0.3, 0.4) is 0 Å². The van der Waals surface area contributed by atoms with Crippen LogP contribution in [0.25, 0.3) is 0 Å². The summed E-state index contributed by atoms with van der Waals surface area (Å²) in [6.45, 7) is 0. The van der Waals surface area contributed by atoms with Gasteiger partial charge in [-0.1, -0.05) is 0 Å². The topological polar surface area (TPSA) is 143 Å². The van der Waals surface area contributed by atoms with Gasteiger partial charge in [-0.15, -0.1) is 0 Å². The van der Waals surface area contributed by atoms with Gasteiger partial charge in [-0.25, -0.2) is 0 Å². The van der Waals surface area contributed by atoms with Crippen molar-refractivity contribution in [3.05, 3.63) is 0 Å². The van der Waals surface area contributed by atoms with Crippen molar-refractivity contribution in [3.8, 4) is 0 Å². The van der Waals surface area contributed by atoms with Crippen LogP contribution >= 0.6 is 0 Å². The minimum Gasteiger partial charge on any atom is -0.302 e. The molecule has 2 unspecified atom stereocenters. The summed E-state index contributed by atoms with van der Waals surface area (Å²) in [5.74, 6) is 0. The van der Waals surface area contributed by atoms with Gasteiger partial charge in [-0.3, -0.25) is 9.11 Å². The lowest BCUT2D eigenvalue weighted by atomic mass is 10.2. The Hall–Kier alpha value is -0.840. The first-order valence-corrected chi connectivity index (χ1v) is 6.46. The summed E-state index contributed by atoms with van der Waals surface area (Å²) in [5.41, 5.74) is 0. The molecule has 8 nitrogen and oxygen atoms in total. The Labute approximate surface area is 85.8 Å². The molecule has 2 N–H and O–H groups in total. The maximum absolute atomic E-state index is 10.5. The zero-order chi connectivity index (χ0) is 12.3. The highest BCUT2D eigenvalue weighted by atomic mass is 32.2. The van der Waals surface area contributed by atoms with Crippen LogP contribution in [0.5, 0.6) is 0 Å². The van der Waals surface area contributed by atoms with E-state index in [0.717, 1.165) is 0 Å². The fourth-order valence-corrected chi connectivity index (χ4v) is 2.03. The average molecular weight is 260 g/mol. The van der Waals surface area contributed by atoms with Crippen LogP contribution in [0.15, 0.2) is 0 Å². The molecule has 10 heteroatoms. The van der Waals surface area contributed by atoms with Crippen molar-refractivity contribution in [2.45, 2.75) is 16.9 Å². The van der Waals surface area contributed by atoms with Gasteiger partial charge in [0.05, 0.1) is 0 Å². The number of carbonyl (C=O) groups is 2. The van der Waals surface area contributed by atoms with Gasteiger partial charge in [0, 0.05) is 0 Å². The largest absolute Gasteiger partial charge is 0.302 e. The van der Waals surface area contributed by atoms with E-state index >= 15 is 0 Å². The van der Waals surface area contributed by atoms with E-state index in [2.05, 4.69) is 0 Å². The third-order valence-corrected chi connectivity index (χ3v) is 3.67. The smallest absolute Gasteiger partial charge is 0.274 e. The van der Waals surface area contributed by atoms with E-state index in [-0.39, 0.29) is 12.6 Å². The molecule has 0 radical (unpaired) electrons. The van der Waals surface area contributed by atoms with E-state index in [9.17, 15) is 26.4 Å². The molecule has 0 bridgehead atoms. The standard InChI is InChI=1S/C5H8O8S2/c6-2-4(14(8,9)10)1-5(3-7)15(11,12)13/h2-5H,1H2,(H,8,9,10)(H,11,12,13). The van der Waals surface area contributed by atoms with Crippen molar-refractivity contribution < 1.29 is 35.5 Å². The molecule has 88 valence electrons. The van der Waals surface area contributed by atoms with Crippen LogP contribution in [0.2, 0.25) is 0 Å². The zero-order valence-electron chi connectivity index (χ0n) is 7.18. The van der Waals surface area contributed by atoms with E-state index in [1.165, 1.54) is 0 Å². The summed E-state index contributed by atoms with van der Waals surface area (Å²) in [6, 6.07) is 0. The normalized spacial score (nSPS) is 16.7. The highest BCUT2D eigenvalue weighted by Gasteiger charge is 2.32. The Morgan fingerprint density at radius 1 is 0.867 bits per heavy atom. The summed E-state index contributed by atoms with van der Waals surface area (Å²) < 4.78 is 58.8. The second-order valence-corrected chi connectivity index (χ2v) is 5.89. The highest BCUT2D eigenvalue weighted by molar-refractivity contribution is 7.88. The van der Waals surface area contributed by atoms with Gasteiger partial charge >= 0.3 is 0 Å². The Morgan fingerprint density at radius 3 is 1.27 bits per heavy atom. The molecule has 0 saturated carbocycles. The molecule has 2 atom stereocenters. The molecule has 0 aromatic heterocycles. The number of hydrogen-bond donors (Lipinski definition) is 2. The van der Waals surface area contributed by atoms with Crippen molar-refractivity contribution in [2.24, 2.45) is 0 Å². The average Bonchev–Trinajstić information content (AvgIpc) is 2.01. The number of aldehydes is 2. The summed E-state index contributed by atoms with van der Waals surface area (Å²) in [5, 5.41) is -4.12. The minimum atomic E-state index is -4.78. The molecule has 0 aliphatic heterocycles. The predicted molar refractivity (Wildman–Crippen MR) is 47.4 cm³/mol. The van der Waals surface area contributed by atoms with Gasteiger partial charge in [0.15, 0.2) is 0 Å². The molecule has 0 aliphatic rings. The van der Waals surface area contributed by atoms with Gasteiger partial charge < -0.3 is 9.59 Å². The molecule has 0 aromatic rings. The first-order chi connectivity index (χ1) is 6.62. The van der Waals surface area contributed by atoms with Crippen LogP contribution in [0.4, 0.5) is 0 Å². The van der Waals surface area contributed by atoms with Gasteiger partial charge in [0.25, 0.3) is 20.2 Å². The first kappa shape index (κ1) is 14.2. The lowest BCUT2D eigenvalue weighted by Crippen LogP contribution is -2.32. The van der Waals surface area contributed by atoms with Crippen molar-refractivity contribution in [1.82, 2.24) is 0 Å². The van der Waals surface area contributed by atoms with E-state index in [1.807, 2.05) is 0 Å². The Kier molecular flexibility index (Phi) is 4.52. The zero-order valence-corrected chi connectivity index (χ0v) is 8.81. The van der Waals surface area contributed by atoms with E-state index in [4.69, 9.17) is 9.11 Å². The molecule has 0 spiro atoms. The van der Waals surface area contributed by atoms with Gasteiger partial charge in [-0.05, 0) is 6.42 Å². The Bertz CT molecular complexity index is 390. The monoisotopic (exact) mass is 260 g/mol. The Morgan fingerprint density at radius 2 is 1.13 bits per heavy atom. The molecule has 0 amide bonds. The van der Waals surface area contributed by atoms with E-state index in [0.29, 0.717) is 0 Å². The van der Waals surface area contributed by atoms with Gasteiger partial charge in [0.1, 0.15) is 23.1 Å². The van der Waals surface area contributed by atoms with Crippen molar-refractivity contribution in [3.63, 3.8) is 0 Å². The highest BCUT2D eigenvalue weighted by Crippen LogP contribution is 2.09. The lowest BCUT2D eigenvalue weighted by Gasteiger charge is -2.09. The van der Waals surface area contributed by atoms with Crippen molar-refractivity contribution in [2.75, 3.05) is 0 Å². The second kappa shape index (κ2) is 4.79. The van der Waals surface area contributed by atoms with Gasteiger partial charge in [-0.2, -0.15) is 16.8 Å². The molecule has 15 heavy (non-hydrogen) atoms. The summed E-state index contributed by atoms with van der Waals surface area (Å²) in [7, 11) is -9.57. The molecule has 0 fully saturated rings. The maximum Gasteiger partial charge on any atom is 0.274 e. The third kappa shape index (κ3) is 4.46. The van der Waals surface area contributed by atoms with Gasteiger partial charge in [0.2, 0.25) is 0 Å². The Balaban J connectivity index is 4.99. The molecular weight excluding hydrogens is 252 g/mol. The molecule has 0 rings (SSSR count). The van der Waals surface area contributed by atoms with E-state index < -0.39 is 37.2 Å². The SMILES string of the molecule is O=CC(CC(C=O)S(=O)(=O)O)S(=O)(=O)O. The molecule has 0 aliphatic carbocycles. The maximum atomic E-state index is 10.5. The molecule has 0 saturated heterocycles. The summed E-state index contributed by atoms with van der Waals surface area (Å²) >= 11 is 0. The van der Waals surface area contributed by atoms with Crippen LogP contribution in [0, 0.1) is 0 Å². The molecule has 0 aromatic carbocycles. The third-order valence-electron chi connectivity index (χ3n) is 1.53. The first-order valence-electron chi connectivity index (χ1n) is 3.46. The second-order valence-electron chi connectivity index (χ2n) is 2.61. The number of carbonyl (C=O) groups excluding carboxylic acids is 2. The predicted octanol–water partition coefficient (Wildman–Crippen LogP) is -1.71. The van der Waals surface area contributed by atoms with Crippen LogP contribution in [-0.4, -0.2) is 49.0 Å². The fraction of sp³-hybridized carbons (Fsp3) is 0.600. The fourth-order valence-electron chi connectivity index (χ4n) is 0.724. The molecule has 0 heterocycles. The van der Waals surface area contributed by atoms with Crippen LogP contribution in [-0.2, 0) is 29.8 Å². The summed E-state index contributed by atoms with van der Waals surface area (Å²) in [6.07, 6.45) is -1.47.